The van der Waals surface area contributed by atoms with Crippen molar-refractivity contribution in [3.05, 3.63) is 152 Å². The summed E-state index contributed by atoms with van der Waals surface area (Å²) < 4.78 is 7.34. The third kappa shape index (κ3) is 3.60. The average molecular weight is 592 g/mol. The van der Waals surface area contributed by atoms with E-state index in [1.165, 1.54) is 69.4 Å². The van der Waals surface area contributed by atoms with Gasteiger partial charge in [0, 0.05) is 59.3 Å². The Kier molecular flexibility index (Phi) is 5.16. The second-order valence-corrected chi connectivity index (χ2v) is 12.7. The summed E-state index contributed by atoms with van der Waals surface area (Å²) in [5.74, 6) is 0. The Morgan fingerprint density at radius 2 is 1.02 bits per heavy atom. The van der Waals surface area contributed by atoms with Gasteiger partial charge in [0.05, 0.1) is 16.6 Å². The molecular weight excluding hydrogens is 567 g/mol. The third-order valence-corrected chi connectivity index (χ3v) is 10.3. The molecule has 10 aromatic rings. The van der Waals surface area contributed by atoms with Gasteiger partial charge in [0.15, 0.2) is 0 Å². The Balaban J connectivity index is 1.18. The first-order valence-corrected chi connectivity index (χ1v) is 16.0. The van der Waals surface area contributed by atoms with Gasteiger partial charge in [-0.3, -0.25) is 4.57 Å². The highest BCUT2D eigenvalue weighted by Gasteiger charge is 2.17. The van der Waals surface area contributed by atoms with Crippen LogP contribution >= 0.6 is 11.3 Å². The van der Waals surface area contributed by atoms with Gasteiger partial charge in [-0.15, -0.1) is 11.3 Å². The molecule has 0 aliphatic carbocycles. The molecule has 0 aliphatic rings. The molecule has 0 saturated heterocycles. The van der Waals surface area contributed by atoms with E-state index < -0.39 is 0 Å². The zero-order chi connectivity index (χ0) is 29.5. The van der Waals surface area contributed by atoms with Gasteiger partial charge in [0.25, 0.3) is 0 Å². The zero-order valence-corrected chi connectivity index (χ0v) is 25.0. The molecule has 210 valence electrons. The van der Waals surface area contributed by atoms with E-state index in [-0.39, 0.29) is 0 Å². The number of benzene rings is 6. The van der Waals surface area contributed by atoms with Crippen LogP contribution in [0.1, 0.15) is 0 Å². The Hall–Kier alpha value is -5.71. The Labute approximate surface area is 262 Å². The van der Waals surface area contributed by atoms with Crippen LogP contribution in [0.4, 0.5) is 0 Å². The zero-order valence-electron chi connectivity index (χ0n) is 24.2. The topological polar surface area (TPSA) is 22.8 Å². The van der Waals surface area contributed by atoms with E-state index in [9.17, 15) is 0 Å². The molecule has 45 heavy (non-hydrogen) atoms. The first-order valence-electron chi connectivity index (χ1n) is 15.2. The molecule has 4 heteroatoms. The molecule has 0 fully saturated rings. The van der Waals surface area contributed by atoms with Crippen molar-refractivity contribution in [1.82, 2.24) is 14.1 Å². The summed E-state index contributed by atoms with van der Waals surface area (Å²) >= 11 is 1.86. The van der Waals surface area contributed by atoms with Crippen molar-refractivity contribution in [3.8, 4) is 22.5 Å². The van der Waals surface area contributed by atoms with Gasteiger partial charge < -0.3 is 4.57 Å². The van der Waals surface area contributed by atoms with Crippen LogP contribution in [-0.4, -0.2) is 14.1 Å². The largest absolute Gasteiger partial charge is 0.309 e. The smallest absolute Gasteiger partial charge is 0.145 e. The van der Waals surface area contributed by atoms with Gasteiger partial charge in [-0.25, -0.2) is 4.98 Å². The molecule has 4 aromatic heterocycles. The average Bonchev–Trinajstić information content (AvgIpc) is 3.75. The number of hydrogen-bond acceptors (Lipinski definition) is 2. The van der Waals surface area contributed by atoms with E-state index in [0.717, 1.165) is 17.0 Å². The number of thiophene rings is 1. The quantitative estimate of drug-likeness (QED) is 0.200. The predicted octanol–water partition coefficient (Wildman–Crippen LogP) is 11.3. The number of fused-ring (bicyclic) bond motifs is 9. The predicted molar refractivity (Wildman–Crippen MR) is 191 cm³/mol. The lowest BCUT2D eigenvalue weighted by Gasteiger charge is -2.12. The fourth-order valence-electron chi connectivity index (χ4n) is 7.17. The van der Waals surface area contributed by atoms with Crippen LogP contribution in [0.5, 0.6) is 0 Å². The van der Waals surface area contributed by atoms with Crippen molar-refractivity contribution >= 4 is 75.3 Å². The first kappa shape index (κ1) is 24.7. The van der Waals surface area contributed by atoms with Crippen LogP contribution < -0.4 is 0 Å². The number of hydrogen-bond donors (Lipinski definition) is 0. The van der Waals surface area contributed by atoms with E-state index in [1.807, 2.05) is 23.6 Å². The highest BCUT2D eigenvalue weighted by atomic mass is 32.1. The van der Waals surface area contributed by atoms with Gasteiger partial charge in [-0.05, 0) is 77.9 Å². The van der Waals surface area contributed by atoms with Crippen molar-refractivity contribution < 1.29 is 0 Å². The van der Waals surface area contributed by atoms with Gasteiger partial charge in [0.1, 0.15) is 5.65 Å². The summed E-state index contributed by atoms with van der Waals surface area (Å²) in [7, 11) is 0. The molecular formula is C41H25N3S. The van der Waals surface area contributed by atoms with Crippen molar-refractivity contribution in [2.45, 2.75) is 0 Å². The molecule has 4 heterocycles. The van der Waals surface area contributed by atoms with Crippen LogP contribution in [0.25, 0.3) is 86.4 Å². The SMILES string of the molecule is c1cc(-c2cccc(-n3c4cc5c(cc4c4cccnc43)sc3ccccc35)c2)cc(-n2c3ccccc3c3ccccc32)c1. The molecule has 3 nitrogen and oxygen atoms in total. The maximum atomic E-state index is 4.90. The second kappa shape index (κ2) is 9.39. The van der Waals surface area contributed by atoms with Crippen LogP contribution in [0.2, 0.25) is 0 Å². The maximum absolute atomic E-state index is 4.90. The molecule has 0 unspecified atom stereocenters. The molecule has 0 spiro atoms. The number of pyridine rings is 1. The molecule has 0 radical (unpaired) electrons. The van der Waals surface area contributed by atoms with Gasteiger partial charge in [0.2, 0.25) is 0 Å². The molecule has 0 aliphatic heterocycles. The summed E-state index contributed by atoms with van der Waals surface area (Å²) in [6.45, 7) is 0. The Bertz CT molecular complexity index is 2720. The minimum absolute atomic E-state index is 0.977. The molecule has 0 N–H and O–H groups in total. The lowest BCUT2D eigenvalue weighted by Crippen LogP contribution is -1.96. The molecule has 10 rings (SSSR count). The van der Waals surface area contributed by atoms with Crippen molar-refractivity contribution in [3.63, 3.8) is 0 Å². The third-order valence-electron chi connectivity index (χ3n) is 9.15. The van der Waals surface area contributed by atoms with Gasteiger partial charge >= 0.3 is 0 Å². The highest BCUT2D eigenvalue weighted by Crippen LogP contribution is 2.40. The minimum Gasteiger partial charge on any atom is -0.309 e. The molecule has 0 saturated carbocycles. The van der Waals surface area contributed by atoms with Crippen LogP contribution in [0.3, 0.4) is 0 Å². The number of aromatic nitrogens is 3. The molecule has 6 aromatic carbocycles. The summed E-state index contributed by atoms with van der Waals surface area (Å²) in [5, 5.41) is 7.54. The monoisotopic (exact) mass is 591 g/mol. The van der Waals surface area contributed by atoms with Crippen LogP contribution in [-0.2, 0) is 0 Å². The Morgan fingerprint density at radius 3 is 1.76 bits per heavy atom. The Morgan fingerprint density at radius 1 is 0.400 bits per heavy atom. The molecule has 0 bridgehead atoms. The van der Waals surface area contributed by atoms with E-state index >= 15 is 0 Å². The number of rotatable bonds is 3. The fraction of sp³-hybridized carbons (Fsp3) is 0. The molecule has 0 amide bonds. The lowest BCUT2D eigenvalue weighted by atomic mass is 10.0. The standard InChI is InChI=1S/C41H25N3S/c1-4-18-36-30(14-1)31-15-2-5-19-37(31)43(36)28-12-7-10-26(22-28)27-11-8-13-29(23-27)44-38-24-35-32-16-3-6-20-39(32)45-40(35)25-34(38)33-17-9-21-42-41(33)44/h1-25H. The van der Waals surface area contributed by atoms with Gasteiger partial charge in [-0.2, -0.15) is 0 Å². The lowest BCUT2D eigenvalue weighted by molar-refractivity contribution is 1.14. The second-order valence-electron chi connectivity index (χ2n) is 11.6. The van der Waals surface area contributed by atoms with Crippen LogP contribution in [0.15, 0.2) is 152 Å². The van der Waals surface area contributed by atoms with E-state index in [0.29, 0.717) is 0 Å². The van der Waals surface area contributed by atoms with E-state index in [1.54, 1.807) is 0 Å². The number of para-hydroxylation sites is 2. The first-order chi connectivity index (χ1) is 22.3. The molecule has 0 atom stereocenters. The van der Waals surface area contributed by atoms with Gasteiger partial charge in [-0.1, -0.05) is 78.9 Å². The summed E-state index contributed by atoms with van der Waals surface area (Å²) in [4.78, 5) is 4.90. The summed E-state index contributed by atoms with van der Waals surface area (Å²) in [5.41, 5.74) is 9.19. The van der Waals surface area contributed by atoms with E-state index in [2.05, 4.69) is 149 Å². The van der Waals surface area contributed by atoms with Crippen molar-refractivity contribution in [2.24, 2.45) is 0 Å². The normalized spacial score (nSPS) is 12.0. The highest BCUT2D eigenvalue weighted by molar-refractivity contribution is 7.25. The summed E-state index contributed by atoms with van der Waals surface area (Å²) in [6, 6.07) is 52.8. The maximum Gasteiger partial charge on any atom is 0.145 e. The van der Waals surface area contributed by atoms with Crippen molar-refractivity contribution in [1.29, 1.82) is 0 Å². The number of nitrogens with zero attached hydrogens (tertiary/aromatic N) is 3. The van der Waals surface area contributed by atoms with E-state index in [4.69, 9.17) is 4.98 Å². The fourth-order valence-corrected chi connectivity index (χ4v) is 8.30. The minimum atomic E-state index is 0.977. The van der Waals surface area contributed by atoms with Crippen molar-refractivity contribution in [2.75, 3.05) is 0 Å². The summed E-state index contributed by atoms with van der Waals surface area (Å²) in [6.07, 6.45) is 1.90. The van der Waals surface area contributed by atoms with Crippen LogP contribution in [0, 0.1) is 0 Å².